The van der Waals surface area contributed by atoms with Gasteiger partial charge in [0, 0.05) is 26.7 Å². The first-order valence-electron chi connectivity index (χ1n) is 7.65. The summed E-state index contributed by atoms with van der Waals surface area (Å²) < 4.78 is 5.63. The van der Waals surface area contributed by atoms with Crippen molar-refractivity contribution in [2.24, 2.45) is 11.3 Å². The van der Waals surface area contributed by atoms with E-state index in [4.69, 9.17) is 4.74 Å². The van der Waals surface area contributed by atoms with Crippen LogP contribution < -0.4 is 5.32 Å². The highest BCUT2D eigenvalue weighted by Gasteiger charge is 2.35. The zero-order valence-corrected chi connectivity index (χ0v) is 12.4. The molecule has 0 aromatic carbocycles. The van der Waals surface area contributed by atoms with Crippen LogP contribution >= 0.6 is 0 Å². The molecule has 0 radical (unpaired) electrons. The van der Waals surface area contributed by atoms with Crippen LogP contribution in [-0.4, -0.2) is 50.8 Å². The van der Waals surface area contributed by atoms with Crippen LogP contribution in [0.2, 0.25) is 0 Å². The first kappa shape index (κ1) is 14.3. The monoisotopic (exact) mass is 254 g/mol. The molecule has 3 heteroatoms. The van der Waals surface area contributed by atoms with Gasteiger partial charge in [-0.25, -0.2) is 0 Å². The SMILES string of the molecule is CCC1(CN2CCC(C)C(OC)C2)CCCNC1. The first-order chi connectivity index (χ1) is 8.69. The third-order valence-electron chi connectivity index (χ3n) is 5.15. The Balaban J connectivity index is 1.91. The summed E-state index contributed by atoms with van der Waals surface area (Å²) in [5.74, 6) is 0.716. The quantitative estimate of drug-likeness (QED) is 0.832. The van der Waals surface area contributed by atoms with Crippen molar-refractivity contribution in [3.8, 4) is 0 Å². The van der Waals surface area contributed by atoms with Crippen LogP contribution in [0.1, 0.15) is 39.5 Å². The molecule has 0 spiro atoms. The molecule has 3 nitrogen and oxygen atoms in total. The molecule has 3 unspecified atom stereocenters. The number of hydrogen-bond acceptors (Lipinski definition) is 3. The summed E-state index contributed by atoms with van der Waals surface area (Å²) in [7, 11) is 1.86. The number of rotatable bonds is 4. The van der Waals surface area contributed by atoms with E-state index in [1.807, 2.05) is 7.11 Å². The lowest BCUT2D eigenvalue weighted by molar-refractivity contribution is -0.0216. The van der Waals surface area contributed by atoms with Crippen LogP contribution in [0.4, 0.5) is 0 Å². The highest BCUT2D eigenvalue weighted by molar-refractivity contribution is 4.89. The van der Waals surface area contributed by atoms with Crippen LogP contribution in [0.3, 0.4) is 0 Å². The van der Waals surface area contributed by atoms with Gasteiger partial charge in [0.15, 0.2) is 0 Å². The van der Waals surface area contributed by atoms with Crippen molar-refractivity contribution in [3.05, 3.63) is 0 Å². The molecule has 2 aliphatic rings. The summed E-state index contributed by atoms with van der Waals surface area (Å²) in [6.07, 6.45) is 5.74. The Labute approximate surface area is 112 Å². The molecule has 3 atom stereocenters. The molecule has 2 aliphatic heterocycles. The van der Waals surface area contributed by atoms with Gasteiger partial charge in [0.25, 0.3) is 0 Å². The third-order valence-corrected chi connectivity index (χ3v) is 5.15. The van der Waals surface area contributed by atoms with Crippen LogP contribution in [0.15, 0.2) is 0 Å². The molecule has 0 amide bonds. The Morgan fingerprint density at radius 3 is 2.89 bits per heavy atom. The molecule has 0 aromatic rings. The molecule has 0 saturated carbocycles. The maximum Gasteiger partial charge on any atom is 0.0724 e. The van der Waals surface area contributed by atoms with Crippen LogP contribution in [0.25, 0.3) is 0 Å². The van der Waals surface area contributed by atoms with E-state index < -0.39 is 0 Å². The average Bonchev–Trinajstić information content (AvgIpc) is 2.42. The van der Waals surface area contributed by atoms with Gasteiger partial charge in [-0.2, -0.15) is 0 Å². The van der Waals surface area contributed by atoms with Crippen LogP contribution in [-0.2, 0) is 4.74 Å². The lowest BCUT2D eigenvalue weighted by Crippen LogP contribution is -2.52. The van der Waals surface area contributed by atoms with Crippen molar-refractivity contribution >= 4 is 0 Å². The van der Waals surface area contributed by atoms with Gasteiger partial charge in [0.2, 0.25) is 0 Å². The van der Waals surface area contributed by atoms with E-state index in [-0.39, 0.29) is 0 Å². The van der Waals surface area contributed by atoms with Crippen LogP contribution in [0.5, 0.6) is 0 Å². The van der Waals surface area contributed by atoms with Gasteiger partial charge in [-0.1, -0.05) is 13.8 Å². The second kappa shape index (κ2) is 6.36. The Kier molecular flexibility index (Phi) is 5.05. The van der Waals surface area contributed by atoms with E-state index >= 15 is 0 Å². The first-order valence-corrected chi connectivity index (χ1v) is 7.65. The van der Waals surface area contributed by atoms with Gasteiger partial charge in [-0.3, -0.25) is 0 Å². The molecular weight excluding hydrogens is 224 g/mol. The van der Waals surface area contributed by atoms with Crippen LogP contribution in [0, 0.1) is 11.3 Å². The van der Waals surface area contributed by atoms with E-state index in [0.29, 0.717) is 17.4 Å². The van der Waals surface area contributed by atoms with Gasteiger partial charge in [0.1, 0.15) is 0 Å². The molecule has 2 rings (SSSR count). The molecule has 2 heterocycles. The molecular formula is C15H30N2O. The number of likely N-dealkylation sites (tertiary alicyclic amines) is 1. The van der Waals surface area contributed by atoms with E-state index in [0.717, 1.165) is 6.54 Å². The number of piperidine rings is 2. The molecule has 1 N–H and O–H groups in total. The van der Waals surface area contributed by atoms with E-state index in [9.17, 15) is 0 Å². The van der Waals surface area contributed by atoms with E-state index in [2.05, 4.69) is 24.1 Å². The predicted octanol–water partition coefficient (Wildman–Crippen LogP) is 2.12. The van der Waals surface area contributed by atoms with Gasteiger partial charge in [-0.15, -0.1) is 0 Å². The van der Waals surface area contributed by atoms with Gasteiger partial charge < -0.3 is 15.0 Å². The summed E-state index contributed by atoms with van der Waals surface area (Å²) in [5.41, 5.74) is 0.511. The largest absolute Gasteiger partial charge is 0.380 e. The minimum atomic E-state index is 0.434. The fourth-order valence-electron chi connectivity index (χ4n) is 3.60. The summed E-state index contributed by atoms with van der Waals surface area (Å²) >= 11 is 0. The number of nitrogens with one attached hydrogen (secondary N) is 1. The number of methoxy groups -OCH3 is 1. The van der Waals surface area contributed by atoms with Gasteiger partial charge in [0.05, 0.1) is 6.10 Å². The Morgan fingerprint density at radius 2 is 2.28 bits per heavy atom. The molecule has 106 valence electrons. The minimum absolute atomic E-state index is 0.434. The van der Waals surface area contributed by atoms with Gasteiger partial charge >= 0.3 is 0 Å². The molecule has 2 fully saturated rings. The smallest absolute Gasteiger partial charge is 0.0724 e. The highest BCUT2D eigenvalue weighted by atomic mass is 16.5. The fraction of sp³-hybridized carbons (Fsp3) is 1.00. The van der Waals surface area contributed by atoms with Crippen molar-refractivity contribution in [1.82, 2.24) is 10.2 Å². The second-order valence-corrected chi connectivity index (χ2v) is 6.41. The Bertz CT molecular complexity index is 251. The van der Waals surface area contributed by atoms with Gasteiger partial charge in [-0.05, 0) is 50.1 Å². The van der Waals surface area contributed by atoms with Crippen molar-refractivity contribution in [2.75, 3.05) is 39.8 Å². The fourth-order valence-corrected chi connectivity index (χ4v) is 3.60. The third kappa shape index (κ3) is 3.25. The second-order valence-electron chi connectivity index (χ2n) is 6.41. The lowest BCUT2D eigenvalue weighted by atomic mass is 9.77. The highest BCUT2D eigenvalue weighted by Crippen LogP contribution is 2.32. The zero-order valence-electron chi connectivity index (χ0n) is 12.4. The minimum Gasteiger partial charge on any atom is -0.380 e. The molecule has 0 aliphatic carbocycles. The standard InChI is InChI=1S/C15H30N2O/c1-4-15(7-5-8-16-11-15)12-17-9-6-13(2)14(10-17)18-3/h13-14,16H,4-12H2,1-3H3. The van der Waals surface area contributed by atoms with E-state index in [1.54, 1.807) is 0 Å². The Morgan fingerprint density at radius 1 is 1.44 bits per heavy atom. The number of ether oxygens (including phenoxy) is 1. The zero-order chi connectivity index (χ0) is 13.0. The van der Waals surface area contributed by atoms with Crippen molar-refractivity contribution in [2.45, 2.75) is 45.6 Å². The summed E-state index contributed by atoms with van der Waals surface area (Å²) in [6.45, 7) is 10.7. The summed E-state index contributed by atoms with van der Waals surface area (Å²) in [5, 5.41) is 3.59. The summed E-state index contributed by atoms with van der Waals surface area (Å²) in [6, 6.07) is 0. The average molecular weight is 254 g/mol. The molecule has 0 aromatic heterocycles. The predicted molar refractivity (Wildman–Crippen MR) is 75.8 cm³/mol. The topological polar surface area (TPSA) is 24.5 Å². The molecule has 2 saturated heterocycles. The molecule has 18 heavy (non-hydrogen) atoms. The molecule has 0 bridgehead atoms. The lowest BCUT2D eigenvalue weighted by Gasteiger charge is -2.44. The van der Waals surface area contributed by atoms with Crippen molar-refractivity contribution in [3.63, 3.8) is 0 Å². The number of nitrogens with zero attached hydrogens (tertiary/aromatic N) is 1. The maximum atomic E-state index is 5.63. The summed E-state index contributed by atoms with van der Waals surface area (Å²) in [4.78, 5) is 2.64. The van der Waals surface area contributed by atoms with Crippen molar-refractivity contribution in [1.29, 1.82) is 0 Å². The van der Waals surface area contributed by atoms with Crippen molar-refractivity contribution < 1.29 is 4.74 Å². The van der Waals surface area contributed by atoms with E-state index in [1.165, 1.54) is 51.9 Å². The normalized spacial score (nSPS) is 38.8. The Hall–Kier alpha value is -0.120. The number of hydrogen-bond donors (Lipinski definition) is 1. The maximum absolute atomic E-state index is 5.63.